The standard InChI is InChI=1S/C21H22ClNO4/c22-19-5-3-15(4-6-19)20(12-21(26)23-7-9-27-10-8-23)16-1-2-17(13-24)18(11-16)14-25/h1-6,11-12,24-25H,7-10,13-14H2. The number of halogens is 1. The Morgan fingerprint density at radius 2 is 1.63 bits per heavy atom. The van der Waals surface area contributed by atoms with Crippen molar-refractivity contribution in [3.05, 3.63) is 75.8 Å². The van der Waals surface area contributed by atoms with E-state index in [0.29, 0.717) is 42.5 Å². The van der Waals surface area contributed by atoms with Gasteiger partial charge in [-0.1, -0.05) is 35.9 Å². The monoisotopic (exact) mass is 387 g/mol. The van der Waals surface area contributed by atoms with E-state index in [2.05, 4.69) is 0 Å². The fourth-order valence-corrected chi connectivity index (χ4v) is 3.18. The Morgan fingerprint density at radius 3 is 2.26 bits per heavy atom. The van der Waals surface area contributed by atoms with Gasteiger partial charge in [0.15, 0.2) is 0 Å². The van der Waals surface area contributed by atoms with Crippen LogP contribution in [-0.2, 0) is 22.7 Å². The number of benzene rings is 2. The SMILES string of the molecule is O=C(C=C(c1ccc(Cl)cc1)c1ccc(CO)c(CO)c1)N1CCOCC1. The number of carbonyl (C=O) groups is 1. The van der Waals surface area contributed by atoms with E-state index in [0.717, 1.165) is 16.7 Å². The normalized spacial score (nSPS) is 15.1. The van der Waals surface area contributed by atoms with Crippen molar-refractivity contribution in [2.24, 2.45) is 0 Å². The molecule has 0 aliphatic carbocycles. The topological polar surface area (TPSA) is 70.0 Å². The summed E-state index contributed by atoms with van der Waals surface area (Å²) in [5.41, 5.74) is 3.68. The quantitative estimate of drug-likeness (QED) is 0.774. The van der Waals surface area contributed by atoms with E-state index in [-0.39, 0.29) is 19.1 Å². The molecule has 0 aromatic heterocycles. The Kier molecular flexibility index (Phi) is 6.63. The van der Waals surface area contributed by atoms with Crippen molar-refractivity contribution in [1.82, 2.24) is 4.90 Å². The zero-order chi connectivity index (χ0) is 19.2. The minimum atomic E-state index is -0.185. The molecule has 5 nitrogen and oxygen atoms in total. The molecule has 1 heterocycles. The third-order valence-corrected chi connectivity index (χ3v) is 4.86. The van der Waals surface area contributed by atoms with E-state index in [1.54, 1.807) is 35.2 Å². The molecule has 3 rings (SSSR count). The Balaban J connectivity index is 2.03. The van der Waals surface area contributed by atoms with Gasteiger partial charge in [0.25, 0.3) is 0 Å². The lowest BCUT2D eigenvalue weighted by Crippen LogP contribution is -2.39. The van der Waals surface area contributed by atoms with Gasteiger partial charge in [-0.2, -0.15) is 0 Å². The number of carbonyl (C=O) groups excluding carboxylic acids is 1. The zero-order valence-corrected chi connectivity index (χ0v) is 15.7. The number of hydrogen-bond acceptors (Lipinski definition) is 4. The Hall–Kier alpha value is -2.18. The van der Waals surface area contributed by atoms with Crippen molar-refractivity contribution in [3.63, 3.8) is 0 Å². The summed E-state index contributed by atoms with van der Waals surface area (Å²) >= 11 is 6.01. The van der Waals surface area contributed by atoms with Crippen LogP contribution < -0.4 is 0 Å². The van der Waals surface area contributed by atoms with E-state index in [1.165, 1.54) is 0 Å². The first-order valence-corrected chi connectivity index (χ1v) is 9.18. The number of ether oxygens (including phenoxy) is 1. The summed E-state index contributed by atoms with van der Waals surface area (Å²) in [7, 11) is 0. The van der Waals surface area contributed by atoms with E-state index in [4.69, 9.17) is 16.3 Å². The number of morpholine rings is 1. The highest BCUT2D eigenvalue weighted by Gasteiger charge is 2.17. The third kappa shape index (κ3) is 4.76. The molecule has 0 saturated carbocycles. The highest BCUT2D eigenvalue weighted by Crippen LogP contribution is 2.27. The lowest BCUT2D eigenvalue weighted by atomic mass is 9.94. The van der Waals surface area contributed by atoms with Crippen LogP contribution in [0, 0.1) is 0 Å². The van der Waals surface area contributed by atoms with Gasteiger partial charge in [0.05, 0.1) is 26.4 Å². The molecule has 2 aromatic carbocycles. The predicted molar refractivity (Wildman–Crippen MR) is 104 cm³/mol. The molecule has 0 atom stereocenters. The van der Waals surface area contributed by atoms with Crippen molar-refractivity contribution >= 4 is 23.1 Å². The first-order valence-electron chi connectivity index (χ1n) is 8.80. The first kappa shape index (κ1) is 19.6. The van der Waals surface area contributed by atoms with Crippen LogP contribution in [0.15, 0.2) is 48.5 Å². The number of aliphatic hydroxyl groups excluding tert-OH is 2. The minimum Gasteiger partial charge on any atom is -0.392 e. The number of hydrogen-bond donors (Lipinski definition) is 2. The molecular formula is C21H22ClNO4. The van der Waals surface area contributed by atoms with Crippen LogP contribution in [0.25, 0.3) is 5.57 Å². The highest BCUT2D eigenvalue weighted by molar-refractivity contribution is 6.30. The van der Waals surface area contributed by atoms with Gasteiger partial charge in [-0.25, -0.2) is 0 Å². The average molecular weight is 388 g/mol. The van der Waals surface area contributed by atoms with Crippen LogP contribution >= 0.6 is 11.6 Å². The molecule has 2 aromatic rings. The summed E-state index contributed by atoms with van der Waals surface area (Å²) in [6, 6.07) is 12.7. The van der Waals surface area contributed by atoms with E-state index in [1.807, 2.05) is 18.2 Å². The molecule has 0 unspecified atom stereocenters. The van der Waals surface area contributed by atoms with Gasteiger partial charge in [0, 0.05) is 24.2 Å². The molecule has 1 aliphatic rings. The van der Waals surface area contributed by atoms with Crippen molar-refractivity contribution in [2.45, 2.75) is 13.2 Å². The van der Waals surface area contributed by atoms with Crippen molar-refractivity contribution in [3.8, 4) is 0 Å². The Morgan fingerprint density at radius 1 is 1.00 bits per heavy atom. The summed E-state index contributed by atoms with van der Waals surface area (Å²) in [5, 5.41) is 19.7. The summed E-state index contributed by atoms with van der Waals surface area (Å²) in [5.74, 6) is -0.0833. The van der Waals surface area contributed by atoms with Crippen LogP contribution in [0.3, 0.4) is 0 Å². The molecule has 2 N–H and O–H groups in total. The average Bonchev–Trinajstić information content (AvgIpc) is 2.72. The summed E-state index contributed by atoms with van der Waals surface area (Å²) in [4.78, 5) is 14.5. The molecule has 1 fully saturated rings. The van der Waals surface area contributed by atoms with Crippen molar-refractivity contribution in [2.75, 3.05) is 26.3 Å². The van der Waals surface area contributed by atoms with Crippen LogP contribution in [-0.4, -0.2) is 47.3 Å². The van der Waals surface area contributed by atoms with Crippen molar-refractivity contribution in [1.29, 1.82) is 0 Å². The molecule has 27 heavy (non-hydrogen) atoms. The van der Waals surface area contributed by atoms with E-state index < -0.39 is 0 Å². The van der Waals surface area contributed by atoms with E-state index >= 15 is 0 Å². The maximum absolute atomic E-state index is 12.8. The van der Waals surface area contributed by atoms with Gasteiger partial charge in [-0.15, -0.1) is 0 Å². The number of aliphatic hydroxyl groups is 2. The van der Waals surface area contributed by atoms with Gasteiger partial charge in [0.2, 0.25) is 5.91 Å². The fourth-order valence-electron chi connectivity index (χ4n) is 3.06. The Bertz CT molecular complexity index is 827. The predicted octanol–water partition coefficient (Wildman–Crippen LogP) is 2.62. The van der Waals surface area contributed by atoms with Gasteiger partial charge < -0.3 is 19.8 Å². The molecule has 0 radical (unpaired) electrons. The summed E-state index contributed by atoms with van der Waals surface area (Å²) in [6.45, 7) is 1.87. The maximum atomic E-state index is 12.8. The fraction of sp³-hybridized carbons (Fsp3) is 0.286. The van der Waals surface area contributed by atoms with Gasteiger partial charge >= 0.3 is 0 Å². The maximum Gasteiger partial charge on any atom is 0.247 e. The van der Waals surface area contributed by atoms with Crippen LogP contribution in [0.4, 0.5) is 0 Å². The van der Waals surface area contributed by atoms with Gasteiger partial charge in [-0.05, 0) is 46.0 Å². The molecular weight excluding hydrogens is 366 g/mol. The zero-order valence-electron chi connectivity index (χ0n) is 14.9. The number of amides is 1. The van der Waals surface area contributed by atoms with Crippen LogP contribution in [0.5, 0.6) is 0 Å². The molecule has 0 spiro atoms. The minimum absolute atomic E-state index is 0.0833. The first-order chi connectivity index (χ1) is 13.1. The van der Waals surface area contributed by atoms with Gasteiger partial charge in [-0.3, -0.25) is 4.79 Å². The highest BCUT2D eigenvalue weighted by atomic mass is 35.5. The summed E-state index contributed by atoms with van der Waals surface area (Å²) < 4.78 is 5.31. The number of rotatable bonds is 5. The largest absolute Gasteiger partial charge is 0.392 e. The van der Waals surface area contributed by atoms with Crippen LogP contribution in [0.1, 0.15) is 22.3 Å². The third-order valence-electron chi connectivity index (χ3n) is 4.60. The molecule has 1 amide bonds. The lowest BCUT2D eigenvalue weighted by molar-refractivity contribution is -0.129. The molecule has 1 aliphatic heterocycles. The Labute approximate surface area is 163 Å². The molecule has 142 valence electrons. The molecule has 1 saturated heterocycles. The van der Waals surface area contributed by atoms with Crippen molar-refractivity contribution < 1.29 is 19.7 Å². The second-order valence-electron chi connectivity index (χ2n) is 6.30. The summed E-state index contributed by atoms with van der Waals surface area (Å²) in [6.07, 6.45) is 1.61. The smallest absolute Gasteiger partial charge is 0.247 e. The van der Waals surface area contributed by atoms with Gasteiger partial charge in [0.1, 0.15) is 0 Å². The van der Waals surface area contributed by atoms with E-state index in [9.17, 15) is 15.0 Å². The lowest BCUT2D eigenvalue weighted by Gasteiger charge is -2.26. The van der Waals surface area contributed by atoms with Crippen LogP contribution in [0.2, 0.25) is 5.02 Å². The second-order valence-corrected chi connectivity index (χ2v) is 6.74. The molecule has 6 heteroatoms. The second kappa shape index (κ2) is 9.15. The molecule has 0 bridgehead atoms. The number of nitrogens with zero attached hydrogens (tertiary/aromatic N) is 1.